The quantitative estimate of drug-likeness (QED) is 0.214. The summed E-state index contributed by atoms with van der Waals surface area (Å²) < 4.78 is 4.73. The molecule has 0 radical (unpaired) electrons. The molecule has 0 aliphatic rings. The van der Waals surface area contributed by atoms with E-state index in [4.69, 9.17) is 4.74 Å². The van der Waals surface area contributed by atoms with E-state index >= 15 is 0 Å². The largest absolute Gasteiger partial charge is 1.00 e. The predicted molar refractivity (Wildman–Crippen MR) is 53.0 cm³/mol. The first-order valence-electron chi connectivity index (χ1n) is 4.72. The predicted octanol–water partition coefficient (Wildman–Crippen LogP) is -4.24. The fraction of sp³-hybridized carbons (Fsp3) is 0.500. The van der Waals surface area contributed by atoms with Crippen LogP contribution in [0.4, 0.5) is 0 Å². The summed E-state index contributed by atoms with van der Waals surface area (Å²) >= 11 is 0. The molecule has 0 unspecified atom stereocenters. The maximum Gasteiger partial charge on any atom is 1.00 e. The molecule has 0 aromatic rings. The number of carbonyl (C=O) groups excluding carboxylic acids is 3. The molecule has 0 heterocycles. The van der Waals surface area contributed by atoms with Crippen molar-refractivity contribution in [3.8, 4) is 0 Å². The third-order valence-corrected chi connectivity index (χ3v) is 1.56. The van der Waals surface area contributed by atoms with Gasteiger partial charge in [0, 0.05) is 12.0 Å². The summed E-state index contributed by atoms with van der Waals surface area (Å²) in [5.41, 5.74) is 0.293. The Morgan fingerprint density at radius 3 is 2.41 bits per heavy atom. The Hall–Kier alpha value is -0.850. The van der Waals surface area contributed by atoms with Crippen LogP contribution >= 0.6 is 0 Å². The molecule has 7 heteroatoms. The van der Waals surface area contributed by atoms with E-state index < -0.39 is 24.4 Å². The monoisotopic (exact) mass is 251 g/mol. The van der Waals surface area contributed by atoms with Gasteiger partial charge in [-0.2, -0.15) is 0 Å². The standard InChI is InChI=1S/C10H15NO5.Na/c1-7(2)10(15)16-5-3-4-8(12)11-6-9(13)14;/h1,3-6H2,2H3,(H,11,12)(H,13,14);/q;+1/p-1. The zero-order valence-electron chi connectivity index (χ0n) is 10.1. The van der Waals surface area contributed by atoms with Crippen molar-refractivity contribution in [3.63, 3.8) is 0 Å². The molecule has 0 aliphatic carbocycles. The summed E-state index contributed by atoms with van der Waals surface area (Å²) in [5, 5.41) is 12.1. The Kier molecular flexibility index (Phi) is 11.2. The third-order valence-electron chi connectivity index (χ3n) is 1.56. The molecular weight excluding hydrogens is 237 g/mol. The van der Waals surface area contributed by atoms with E-state index in [1.807, 2.05) is 0 Å². The summed E-state index contributed by atoms with van der Waals surface area (Å²) in [4.78, 5) is 31.9. The Balaban J connectivity index is 0. The second kappa shape index (κ2) is 10.3. The van der Waals surface area contributed by atoms with Crippen molar-refractivity contribution in [1.82, 2.24) is 5.32 Å². The van der Waals surface area contributed by atoms with Crippen LogP contribution in [-0.4, -0.2) is 31.0 Å². The molecule has 0 aromatic heterocycles. The molecule has 1 N–H and O–H groups in total. The van der Waals surface area contributed by atoms with Crippen LogP contribution in [0.2, 0.25) is 0 Å². The van der Waals surface area contributed by atoms with Gasteiger partial charge in [-0.1, -0.05) is 6.58 Å². The molecule has 0 atom stereocenters. The molecule has 0 aromatic carbocycles. The first-order chi connectivity index (χ1) is 7.43. The van der Waals surface area contributed by atoms with Gasteiger partial charge in [0.2, 0.25) is 5.91 Å². The molecule has 0 fully saturated rings. The van der Waals surface area contributed by atoms with Crippen molar-refractivity contribution in [2.75, 3.05) is 13.2 Å². The van der Waals surface area contributed by atoms with Crippen molar-refractivity contribution in [3.05, 3.63) is 12.2 Å². The summed E-state index contributed by atoms with van der Waals surface area (Å²) in [6.45, 7) is 4.51. The van der Waals surface area contributed by atoms with Crippen molar-refractivity contribution in [2.24, 2.45) is 0 Å². The number of hydrogen-bond donors (Lipinski definition) is 1. The number of carboxylic acid groups (broad SMARTS) is 1. The van der Waals surface area contributed by atoms with Crippen LogP contribution in [0.3, 0.4) is 0 Å². The van der Waals surface area contributed by atoms with Crippen molar-refractivity contribution in [1.29, 1.82) is 0 Å². The molecule has 0 saturated carbocycles. The van der Waals surface area contributed by atoms with E-state index in [1.54, 1.807) is 0 Å². The van der Waals surface area contributed by atoms with Gasteiger partial charge in [-0.3, -0.25) is 4.79 Å². The van der Waals surface area contributed by atoms with Crippen LogP contribution in [0.15, 0.2) is 12.2 Å². The molecule has 0 rings (SSSR count). The van der Waals surface area contributed by atoms with Gasteiger partial charge in [0.05, 0.1) is 19.1 Å². The number of carboxylic acids is 1. The number of hydrogen-bond acceptors (Lipinski definition) is 5. The number of rotatable bonds is 7. The van der Waals surface area contributed by atoms with Gasteiger partial charge in [-0.25, -0.2) is 4.79 Å². The minimum atomic E-state index is -1.35. The number of aliphatic carboxylic acids is 1. The number of ether oxygens (including phenoxy) is 1. The first kappa shape index (κ1) is 18.5. The fourth-order valence-corrected chi connectivity index (χ4v) is 0.780. The van der Waals surface area contributed by atoms with E-state index in [0.29, 0.717) is 12.0 Å². The van der Waals surface area contributed by atoms with Crippen LogP contribution in [0.25, 0.3) is 0 Å². The third kappa shape index (κ3) is 11.4. The molecular formula is C10H14NNaO5. The number of carbonyl (C=O) groups is 3. The Bertz CT molecular complexity index is 303. The molecule has 17 heavy (non-hydrogen) atoms. The maximum absolute atomic E-state index is 11.0. The smallest absolute Gasteiger partial charge is 0.548 e. The second-order valence-electron chi connectivity index (χ2n) is 3.17. The van der Waals surface area contributed by atoms with Crippen LogP contribution in [0.5, 0.6) is 0 Å². The average molecular weight is 251 g/mol. The molecule has 1 amide bonds. The zero-order chi connectivity index (χ0) is 12.6. The Morgan fingerprint density at radius 1 is 1.35 bits per heavy atom. The summed E-state index contributed by atoms with van der Waals surface area (Å²) in [6, 6.07) is 0. The van der Waals surface area contributed by atoms with Gasteiger partial charge in [-0.15, -0.1) is 0 Å². The fourth-order valence-electron chi connectivity index (χ4n) is 0.780. The van der Waals surface area contributed by atoms with E-state index in [9.17, 15) is 19.5 Å². The maximum atomic E-state index is 11.0. The molecule has 6 nitrogen and oxygen atoms in total. The summed E-state index contributed by atoms with van der Waals surface area (Å²) in [5.74, 6) is -2.27. The zero-order valence-corrected chi connectivity index (χ0v) is 12.1. The minimum absolute atomic E-state index is 0. The normalized spacial score (nSPS) is 8.76. The van der Waals surface area contributed by atoms with Gasteiger partial charge in [0.15, 0.2) is 0 Å². The van der Waals surface area contributed by atoms with E-state index in [0.717, 1.165) is 0 Å². The Morgan fingerprint density at radius 2 is 1.94 bits per heavy atom. The second-order valence-corrected chi connectivity index (χ2v) is 3.17. The molecule has 90 valence electrons. The van der Waals surface area contributed by atoms with Crippen LogP contribution in [-0.2, 0) is 19.1 Å². The van der Waals surface area contributed by atoms with Gasteiger partial charge in [0.25, 0.3) is 0 Å². The average Bonchev–Trinajstić information content (AvgIpc) is 2.20. The SMILES string of the molecule is C=C(C)C(=O)OCCCC(=O)NCC(=O)[O-].[Na+]. The van der Waals surface area contributed by atoms with Crippen LogP contribution in [0.1, 0.15) is 19.8 Å². The summed E-state index contributed by atoms with van der Waals surface area (Å²) in [6.07, 6.45) is 0.425. The Labute approximate surface area is 122 Å². The minimum Gasteiger partial charge on any atom is -0.548 e. The summed E-state index contributed by atoms with van der Waals surface area (Å²) in [7, 11) is 0. The van der Waals surface area contributed by atoms with Crippen LogP contribution < -0.4 is 40.0 Å². The first-order valence-corrected chi connectivity index (χ1v) is 4.72. The van der Waals surface area contributed by atoms with Gasteiger partial charge in [0.1, 0.15) is 0 Å². The van der Waals surface area contributed by atoms with Crippen molar-refractivity contribution in [2.45, 2.75) is 19.8 Å². The molecule has 0 bridgehead atoms. The number of nitrogens with one attached hydrogen (secondary N) is 1. The topological polar surface area (TPSA) is 95.5 Å². The van der Waals surface area contributed by atoms with E-state index in [-0.39, 0.29) is 42.6 Å². The van der Waals surface area contributed by atoms with Crippen molar-refractivity contribution >= 4 is 17.8 Å². The number of amides is 1. The molecule has 0 spiro atoms. The van der Waals surface area contributed by atoms with Crippen molar-refractivity contribution < 1.29 is 53.8 Å². The van der Waals surface area contributed by atoms with E-state index in [1.165, 1.54) is 6.92 Å². The van der Waals surface area contributed by atoms with E-state index in [2.05, 4.69) is 11.9 Å². The number of esters is 1. The van der Waals surface area contributed by atoms with Crippen LogP contribution in [0, 0.1) is 0 Å². The molecule has 0 saturated heterocycles. The van der Waals surface area contributed by atoms with Gasteiger partial charge < -0.3 is 20.0 Å². The van der Waals surface area contributed by atoms with Gasteiger partial charge in [-0.05, 0) is 13.3 Å². The van der Waals surface area contributed by atoms with Gasteiger partial charge >= 0.3 is 35.5 Å². The molecule has 0 aliphatic heterocycles.